The molecular weight excluding hydrogens is 338 g/mol. The number of aromatic amines is 1. The van der Waals surface area contributed by atoms with Crippen LogP contribution >= 0.6 is 7.60 Å². The van der Waals surface area contributed by atoms with Crippen LogP contribution in [-0.2, 0) is 14.1 Å². The van der Waals surface area contributed by atoms with Crippen molar-refractivity contribution >= 4 is 13.6 Å². The molecule has 1 aliphatic carbocycles. The molecule has 10 nitrogen and oxygen atoms in total. The maximum absolute atomic E-state index is 13.2. The van der Waals surface area contributed by atoms with E-state index >= 15 is 0 Å². The lowest BCUT2D eigenvalue weighted by Gasteiger charge is -2.20. The van der Waals surface area contributed by atoms with Crippen LogP contribution in [0.4, 0.5) is 4.39 Å². The smallest absolute Gasteiger partial charge is 0.365 e. The summed E-state index contributed by atoms with van der Waals surface area (Å²) in [5, 5.41) is 8.78. The SMILES string of the molecule is O=C(O)C(OC1C=CC(n2cc(F)c(=O)[nH]c2=O)C1)P(=O)(O)O. The molecule has 2 rings (SSSR count). The Morgan fingerprint density at radius 1 is 1.43 bits per heavy atom. The number of hydrogen-bond acceptors (Lipinski definition) is 5. The number of allylic oxidation sites excluding steroid dienone is 1. The van der Waals surface area contributed by atoms with Gasteiger partial charge < -0.3 is 19.6 Å². The first-order valence-corrected chi connectivity index (χ1v) is 7.90. The summed E-state index contributed by atoms with van der Waals surface area (Å²) in [5.74, 6) is -5.36. The Kier molecular flexibility index (Phi) is 4.66. The van der Waals surface area contributed by atoms with E-state index in [2.05, 4.69) is 0 Å². The standard InChI is InChI=1S/C11H12FN2O8P/c12-7-4-14(11(18)13-8(7)15)5-1-2-6(3-5)22-10(9(16)17)23(19,20)21/h1-2,4-6,10H,3H2,(H,16,17)(H,13,15,18)(H2,19,20,21). The molecule has 4 N–H and O–H groups in total. The van der Waals surface area contributed by atoms with Crippen LogP contribution < -0.4 is 11.2 Å². The molecule has 0 aromatic carbocycles. The predicted octanol–water partition coefficient (Wildman–Crippen LogP) is -0.850. The number of ether oxygens (including phenoxy) is 1. The van der Waals surface area contributed by atoms with E-state index in [-0.39, 0.29) is 6.42 Å². The molecule has 3 unspecified atom stereocenters. The molecule has 1 aromatic heterocycles. The lowest BCUT2D eigenvalue weighted by Crippen LogP contribution is -2.34. The van der Waals surface area contributed by atoms with Crippen LogP contribution in [0.5, 0.6) is 0 Å². The molecule has 0 fully saturated rings. The second-order valence-electron chi connectivity index (χ2n) is 4.79. The topological polar surface area (TPSA) is 159 Å². The normalized spacial score (nSPS) is 22.2. The van der Waals surface area contributed by atoms with Crippen molar-refractivity contribution < 1.29 is 33.4 Å². The van der Waals surface area contributed by atoms with Gasteiger partial charge in [0, 0.05) is 6.42 Å². The fraction of sp³-hybridized carbons (Fsp3) is 0.364. The third-order valence-electron chi connectivity index (χ3n) is 3.12. The second-order valence-corrected chi connectivity index (χ2v) is 6.43. The van der Waals surface area contributed by atoms with Gasteiger partial charge in [0.15, 0.2) is 0 Å². The monoisotopic (exact) mass is 350 g/mol. The zero-order chi connectivity index (χ0) is 17.4. The Hall–Kier alpha value is -2.07. The van der Waals surface area contributed by atoms with Gasteiger partial charge in [-0.05, 0) is 0 Å². The van der Waals surface area contributed by atoms with Gasteiger partial charge in [-0.3, -0.25) is 18.9 Å². The van der Waals surface area contributed by atoms with Gasteiger partial charge in [0.05, 0.1) is 18.3 Å². The number of nitrogens with one attached hydrogen (secondary N) is 1. The van der Waals surface area contributed by atoms with Gasteiger partial charge in [-0.25, -0.2) is 9.59 Å². The highest BCUT2D eigenvalue weighted by molar-refractivity contribution is 7.53. The number of aromatic nitrogens is 2. The maximum Gasteiger partial charge on any atom is 0.365 e. The number of rotatable bonds is 5. The minimum absolute atomic E-state index is 0.0603. The maximum atomic E-state index is 13.2. The summed E-state index contributed by atoms with van der Waals surface area (Å²) < 4.78 is 30.0. The summed E-state index contributed by atoms with van der Waals surface area (Å²) >= 11 is 0. The number of H-pyrrole nitrogens is 1. The van der Waals surface area contributed by atoms with Crippen LogP contribution in [0.3, 0.4) is 0 Å². The lowest BCUT2D eigenvalue weighted by molar-refractivity contribution is -0.147. The van der Waals surface area contributed by atoms with Gasteiger partial charge in [0.2, 0.25) is 5.82 Å². The molecular formula is C11H12FN2O8P. The predicted molar refractivity (Wildman–Crippen MR) is 72.4 cm³/mol. The number of carboxylic acid groups (broad SMARTS) is 1. The van der Waals surface area contributed by atoms with Crippen molar-refractivity contribution in [2.75, 3.05) is 0 Å². The Morgan fingerprint density at radius 3 is 2.65 bits per heavy atom. The first-order chi connectivity index (χ1) is 10.6. The van der Waals surface area contributed by atoms with Crippen molar-refractivity contribution in [3.05, 3.63) is 45.0 Å². The summed E-state index contributed by atoms with van der Waals surface area (Å²) in [6, 6.07) is -0.759. The third-order valence-corrected chi connectivity index (χ3v) is 4.08. The molecule has 126 valence electrons. The van der Waals surface area contributed by atoms with Crippen LogP contribution in [0, 0.1) is 5.82 Å². The van der Waals surface area contributed by atoms with Crippen molar-refractivity contribution in [1.29, 1.82) is 0 Å². The highest BCUT2D eigenvalue weighted by atomic mass is 31.2. The molecule has 1 aliphatic rings. The van der Waals surface area contributed by atoms with Crippen molar-refractivity contribution in [2.24, 2.45) is 0 Å². The lowest BCUT2D eigenvalue weighted by atomic mass is 10.2. The molecule has 1 aromatic rings. The van der Waals surface area contributed by atoms with Gasteiger partial charge in [-0.1, -0.05) is 12.2 Å². The molecule has 12 heteroatoms. The molecule has 0 radical (unpaired) electrons. The highest BCUT2D eigenvalue weighted by Gasteiger charge is 2.39. The summed E-state index contributed by atoms with van der Waals surface area (Å²) in [6.45, 7) is 0. The number of carboxylic acids is 1. The number of carbonyl (C=O) groups is 1. The van der Waals surface area contributed by atoms with E-state index in [1.54, 1.807) is 4.98 Å². The minimum Gasteiger partial charge on any atom is -0.479 e. The summed E-state index contributed by atoms with van der Waals surface area (Å²) in [4.78, 5) is 53.1. The van der Waals surface area contributed by atoms with Crippen molar-refractivity contribution in [3.8, 4) is 0 Å². The second kappa shape index (κ2) is 6.20. The van der Waals surface area contributed by atoms with E-state index in [0.717, 1.165) is 4.57 Å². The number of aliphatic carboxylic acids is 1. The van der Waals surface area contributed by atoms with Crippen LogP contribution in [0.25, 0.3) is 0 Å². The van der Waals surface area contributed by atoms with Crippen molar-refractivity contribution in [2.45, 2.75) is 24.4 Å². The van der Waals surface area contributed by atoms with E-state index in [9.17, 15) is 23.3 Å². The van der Waals surface area contributed by atoms with Gasteiger partial charge in [0.25, 0.3) is 11.4 Å². The fourth-order valence-electron chi connectivity index (χ4n) is 2.11. The van der Waals surface area contributed by atoms with E-state index in [1.807, 2.05) is 0 Å². The molecule has 3 atom stereocenters. The van der Waals surface area contributed by atoms with E-state index in [1.165, 1.54) is 12.2 Å². The largest absolute Gasteiger partial charge is 0.479 e. The number of halogens is 1. The van der Waals surface area contributed by atoms with Crippen LogP contribution in [0.15, 0.2) is 27.9 Å². The van der Waals surface area contributed by atoms with Gasteiger partial charge in [0.1, 0.15) is 0 Å². The van der Waals surface area contributed by atoms with Crippen LogP contribution in [-0.4, -0.2) is 42.4 Å². The summed E-state index contributed by atoms with van der Waals surface area (Å²) in [5.41, 5.74) is -2.05. The first kappa shape index (κ1) is 17.3. The molecule has 23 heavy (non-hydrogen) atoms. The van der Waals surface area contributed by atoms with Crippen molar-refractivity contribution in [1.82, 2.24) is 9.55 Å². The Labute approximate surface area is 127 Å². The average molecular weight is 350 g/mol. The number of nitrogens with zero attached hydrogens (tertiary/aromatic N) is 1. The van der Waals surface area contributed by atoms with E-state index in [4.69, 9.17) is 19.6 Å². The first-order valence-electron chi connectivity index (χ1n) is 6.22. The van der Waals surface area contributed by atoms with Gasteiger partial charge >= 0.3 is 19.3 Å². The zero-order valence-electron chi connectivity index (χ0n) is 11.3. The van der Waals surface area contributed by atoms with Crippen molar-refractivity contribution in [3.63, 3.8) is 0 Å². The summed E-state index contributed by atoms with van der Waals surface area (Å²) in [7, 11) is -5.03. The minimum atomic E-state index is -5.03. The quantitative estimate of drug-likeness (QED) is 0.395. The molecule has 0 saturated heterocycles. The van der Waals surface area contributed by atoms with Crippen LogP contribution in [0.1, 0.15) is 12.5 Å². The zero-order valence-corrected chi connectivity index (χ0v) is 12.2. The van der Waals surface area contributed by atoms with E-state index in [0.29, 0.717) is 6.20 Å². The summed E-state index contributed by atoms with van der Waals surface area (Å²) in [6.07, 6.45) is 2.30. The Balaban J connectivity index is 2.17. The molecule has 0 amide bonds. The number of hydrogen-bond donors (Lipinski definition) is 4. The fourth-order valence-corrected chi connectivity index (χ4v) is 2.71. The Bertz CT molecular complexity index is 809. The van der Waals surface area contributed by atoms with Crippen LogP contribution in [0.2, 0.25) is 0 Å². The molecule has 0 aliphatic heterocycles. The molecule has 0 spiro atoms. The highest BCUT2D eigenvalue weighted by Crippen LogP contribution is 2.43. The molecule has 1 heterocycles. The average Bonchev–Trinajstić information content (AvgIpc) is 2.87. The van der Waals surface area contributed by atoms with Gasteiger partial charge in [-0.2, -0.15) is 4.39 Å². The van der Waals surface area contributed by atoms with E-state index < -0.39 is 48.6 Å². The Morgan fingerprint density at radius 2 is 2.09 bits per heavy atom. The molecule has 0 saturated carbocycles. The third kappa shape index (κ3) is 3.82. The van der Waals surface area contributed by atoms with Gasteiger partial charge in [-0.15, -0.1) is 0 Å². The molecule has 0 bridgehead atoms.